The zero-order valence-corrected chi connectivity index (χ0v) is 18.8. The van der Waals surface area contributed by atoms with E-state index in [0.29, 0.717) is 0 Å². The van der Waals surface area contributed by atoms with Gasteiger partial charge in [0.2, 0.25) is 0 Å². The fourth-order valence-electron chi connectivity index (χ4n) is 2.67. The van der Waals surface area contributed by atoms with E-state index < -0.39 is 65.5 Å². The number of aryl methyl sites for hydroxylation is 1. The molecule has 1 N–H and O–H groups in total. The van der Waals surface area contributed by atoms with Crippen molar-refractivity contribution in [1.82, 2.24) is 9.55 Å². The van der Waals surface area contributed by atoms with E-state index in [1.54, 1.807) is 0 Å². The molecule has 1 saturated heterocycles. The van der Waals surface area contributed by atoms with Crippen LogP contribution in [0.3, 0.4) is 0 Å². The number of rotatable bonds is 9. The molecule has 2 unspecified atom stereocenters. The summed E-state index contributed by atoms with van der Waals surface area (Å²) in [5.74, 6) is -0.856. The van der Waals surface area contributed by atoms with Gasteiger partial charge in [0, 0.05) is 18.7 Å². The molecule has 1 aromatic rings. The number of aromatic nitrogens is 2. The molecule has 0 amide bonds. The highest BCUT2D eigenvalue weighted by Gasteiger charge is 2.42. The van der Waals surface area contributed by atoms with Gasteiger partial charge in [-0.1, -0.05) is 0 Å². The number of carbonyl (C=O) groups excluding carboxylic acids is 1. The number of H-pyrrole nitrogens is 1. The van der Waals surface area contributed by atoms with E-state index in [2.05, 4.69) is 13.1 Å². The molecule has 32 heavy (non-hydrogen) atoms. The van der Waals surface area contributed by atoms with Gasteiger partial charge in [0.1, 0.15) is 12.1 Å². The number of hydrogen-bond donors (Lipinski definition) is 1. The Labute approximate surface area is 178 Å². The van der Waals surface area contributed by atoms with Crippen molar-refractivity contribution >= 4 is 29.4 Å². The number of hydrogen-bond acceptors (Lipinski definition) is 15. The summed E-state index contributed by atoms with van der Waals surface area (Å²) < 4.78 is 55.3. The Hall–Kier alpha value is -1.48. The lowest BCUT2D eigenvalue weighted by molar-refractivity contribution is -0.339. The fourth-order valence-corrected chi connectivity index (χ4v) is 5.53. The number of nitrogens with one attached hydrogen (secondary N) is 1. The Kier molecular flexibility index (Phi) is 8.19. The molecule has 1 fully saturated rings. The minimum absolute atomic E-state index is 0.128. The topological polar surface area (TPSA) is 262 Å². The molecular formula is C12H15N2O15P3-4. The van der Waals surface area contributed by atoms with Crippen LogP contribution in [0.4, 0.5) is 0 Å². The van der Waals surface area contributed by atoms with Crippen LogP contribution in [0, 0.1) is 6.92 Å². The average molecular weight is 520 g/mol. The summed E-state index contributed by atoms with van der Waals surface area (Å²) in [4.78, 5) is 80.7. The minimum Gasteiger partial charge on any atom is -0.790 e. The highest BCUT2D eigenvalue weighted by Crippen LogP contribution is 2.60. The van der Waals surface area contributed by atoms with E-state index in [9.17, 15) is 47.7 Å². The van der Waals surface area contributed by atoms with Crippen molar-refractivity contribution in [2.24, 2.45) is 0 Å². The van der Waals surface area contributed by atoms with Gasteiger partial charge in [0.15, 0.2) is 6.10 Å². The number of phosphoric ester groups is 1. The van der Waals surface area contributed by atoms with Crippen LogP contribution in [0.5, 0.6) is 0 Å². The molecule has 2 heterocycles. The normalized spacial score (nSPS) is 25.1. The van der Waals surface area contributed by atoms with Crippen LogP contribution in [0.15, 0.2) is 15.8 Å². The molecule has 1 aromatic heterocycles. The highest BCUT2D eigenvalue weighted by atomic mass is 31.3. The molecule has 0 bridgehead atoms. The van der Waals surface area contributed by atoms with Gasteiger partial charge in [-0.25, -0.2) is 9.11 Å². The summed E-state index contributed by atoms with van der Waals surface area (Å²) in [6, 6.07) is -1.04. The van der Waals surface area contributed by atoms with Gasteiger partial charge < -0.3 is 38.1 Å². The predicted molar refractivity (Wildman–Crippen MR) is 91.3 cm³/mol. The molecule has 182 valence electrons. The number of carbonyl (C=O) groups is 1. The molecule has 20 heteroatoms. The number of esters is 1. The summed E-state index contributed by atoms with van der Waals surface area (Å²) >= 11 is 0. The Morgan fingerprint density at radius 2 is 1.81 bits per heavy atom. The van der Waals surface area contributed by atoms with Gasteiger partial charge >= 0.3 is 11.7 Å². The highest BCUT2D eigenvalue weighted by molar-refractivity contribution is 7.64. The standard InChI is InChI=1S/C12H19N2O15P3/c1-6-3-14(12(17)13-11(6)16)8-4-25-9(10(8)27-7(2)15)5-26-31(21,22)29-32(23,24)28-30(18,19)20/h3,8-10H,4-5H2,1-2H3,(H,21,22)(H,23,24)(H,13,16,17)(H2,18,19,20)/p-4/t8-,9-,10+/m0/s1. The van der Waals surface area contributed by atoms with Crippen molar-refractivity contribution in [1.29, 1.82) is 0 Å². The molecule has 1 aliphatic rings. The molecule has 0 aromatic carbocycles. The first-order chi connectivity index (χ1) is 14.5. The van der Waals surface area contributed by atoms with Gasteiger partial charge in [-0.05, 0) is 6.92 Å². The smallest absolute Gasteiger partial charge is 0.328 e. The van der Waals surface area contributed by atoms with Crippen molar-refractivity contribution in [3.05, 3.63) is 32.6 Å². The van der Waals surface area contributed by atoms with Crippen LogP contribution in [-0.2, 0) is 41.1 Å². The van der Waals surface area contributed by atoms with Crippen molar-refractivity contribution in [2.75, 3.05) is 13.2 Å². The first-order valence-corrected chi connectivity index (χ1v) is 12.7. The lowest BCUT2D eigenvalue weighted by atomic mass is 10.1. The van der Waals surface area contributed by atoms with Crippen LogP contribution in [0.2, 0.25) is 0 Å². The third-order valence-electron chi connectivity index (χ3n) is 3.83. The first-order valence-electron chi connectivity index (χ1n) is 8.32. The Balaban J connectivity index is 2.18. The molecule has 2 rings (SSSR count). The van der Waals surface area contributed by atoms with Crippen LogP contribution in [0.25, 0.3) is 0 Å². The number of aromatic amines is 1. The van der Waals surface area contributed by atoms with Crippen LogP contribution >= 0.6 is 23.5 Å². The third kappa shape index (κ3) is 7.54. The van der Waals surface area contributed by atoms with E-state index >= 15 is 0 Å². The molecule has 1 aliphatic heterocycles. The van der Waals surface area contributed by atoms with E-state index in [-0.39, 0.29) is 12.2 Å². The van der Waals surface area contributed by atoms with E-state index in [1.165, 1.54) is 6.92 Å². The molecule has 0 radical (unpaired) electrons. The molecule has 0 spiro atoms. The number of nitrogens with zero attached hydrogens (tertiary/aromatic N) is 1. The average Bonchev–Trinajstić information content (AvgIpc) is 2.95. The summed E-state index contributed by atoms with van der Waals surface area (Å²) in [6.07, 6.45) is -1.56. The Morgan fingerprint density at radius 1 is 1.19 bits per heavy atom. The molecule has 0 aliphatic carbocycles. The van der Waals surface area contributed by atoms with Gasteiger partial charge in [-0.15, -0.1) is 0 Å². The van der Waals surface area contributed by atoms with Crippen molar-refractivity contribution in [3.8, 4) is 0 Å². The minimum atomic E-state index is -6.16. The summed E-state index contributed by atoms with van der Waals surface area (Å²) in [6.45, 7) is 1.06. The summed E-state index contributed by atoms with van der Waals surface area (Å²) in [7, 11) is -18.1. The van der Waals surface area contributed by atoms with E-state index in [0.717, 1.165) is 17.7 Å². The zero-order valence-electron chi connectivity index (χ0n) is 16.1. The van der Waals surface area contributed by atoms with Gasteiger partial charge in [-0.3, -0.25) is 32.6 Å². The molecule has 17 nitrogen and oxygen atoms in total. The van der Waals surface area contributed by atoms with Gasteiger partial charge in [-0.2, -0.15) is 0 Å². The predicted octanol–water partition coefficient (Wildman–Crippen LogP) is -3.47. The van der Waals surface area contributed by atoms with Crippen LogP contribution in [0.1, 0.15) is 18.5 Å². The van der Waals surface area contributed by atoms with Crippen molar-refractivity contribution < 1.29 is 60.7 Å². The molecule has 0 saturated carbocycles. The second-order valence-electron chi connectivity index (χ2n) is 6.29. The Morgan fingerprint density at radius 3 is 2.38 bits per heavy atom. The second-order valence-corrected chi connectivity index (χ2v) is 10.5. The lowest BCUT2D eigenvalue weighted by Gasteiger charge is -2.37. The van der Waals surface area contributed by atoms with E-state index in [1.807, 2.05) is 4.98 Å². The van der Waals surface area contributed by atoms with Crippen LogP contribution in [-0.4, -0.2) is 40.9 Å². The quantitative estimate of drug-likeness (QED) is 0.245. The summed E-state index contributed by atoms with van der Waals surface area (Å²) in [5.41, 5.74) is -1.41. The molecular weight excluding hydrogens is 505 g/mol. The summed E-state index contributed by atoms with van der Waals surface area (Å²) in [5, 5.41) is 0. The number of ether oxygens (including phenoxy) is 2. The molecule has 5 atom stereocenters. The SMILES string of the molecule is CC(=O)O[C@H]1[C@H](COP(=O)([O-])OP(=O)([O-])OP(=O)([O-])[O-])OC[C@@H]1n1cc(C)c(=O)[nH]c1=O. The van der Waals surface area contributed by atoms with Crippen molar-refractivity contribution in [2.45, 2.75) is 32.1 Å². The zero-order chi connectivity index (χ0) is 24.5. The maximum absolute atomic E-state index is 12.1. The Bertz CT molecular complexity index is 1120. The largest absolute Gasteiger partial charge is 0.790 e. The van der Waals surface area contributed by atoms with Gasteiger partial charge in [0.25, 0.3) is 21.2 Å². The number of phosphoric acid groups is 3. The maximum atomic E-state index is 12.1. The van der Waals surface area contributed by atoms with Crippen molar-refractivity contribution in [3.63, 3.8) is 0 Å². The van der Waals surface area contributed by atoms with Crippen LogP contribution < -0.4 is 30.8 Å². The maximum Gasteiger partial charge on any atom is 0.328 e. The van der Waals surface area contributed by atoms with E-state index in [4.69, 9.17) is 9.47 Å². The van der Waals surface area contributed by atoms with Gasteiger partial charge in [0.05, 0.1) is 21.0 Å². The fraction of sp³-hybridized carbons (Fsp3) is 0.583. The monoisotopic (exact) mass is 520 g/mol. The first kappa shape index (κ1) is 26.8. The third-order valence-corrected chi connectivity index (χ3v) is 7.49. The second kappa shape index (κ2) is 9.79. The lowest BCUT2D eigenvalue weighted by Crippen LogP contribution is -2.41.